The van der Waals surface area contributed by atoms with Gasteiger partial charge in [-0.2, -0.15) is 0 Å². The molecule has 0 saturated carbocycles. The number of nitrogens with one attached hydrogen (secondary N) is 3. The SMILES string of the molecule is CNCc1ccc(C(=N)OC(=N)c2cncc(-c3ccc(=O)n(CCCN)c3)n2)cc1. The molecule has 1 aromatic carbocycles. The lowest BCUT2D eigenvalue weighted by Crippen LogP contribution is -2.20. The second-order valence-electron chi connectivity index (χ2n) is 6.87. The predicted molar refractivity (Wildman–Crippen MR) is 119 cm³/mol. The fraction of sp³-hybridized carbons (Fsp3) is 0.227. The van der Waals surface area contributed by atoms with E-state index in [1.807, 2.05) is 19.2 Å². The average molecular weight is 419 g/mol. The molecule has 0 radical (unpaired) electrons. The molecule has 160 valence electrons. The first kappa shape index (κ1) is 22.0. The van der Waals surface area contributed by atoms with Crippen molar-refractivity contribution in [3.63, 3.8) is 0 Å². The van der Waals surface area contributed by atoms with Crippen LogP contribution < -0.4 is 16.6 Å². The summed E-state index contributed by atoms with van der Waals surface area (Å²) in [7, 11) is 1.87. The molecular formula is C22H25N7O2. The van der Waals surface area contributed by atoms with Crippen molar-refractivity contribution in [3.05, 3.63) is 82.2 Å². The Morgan fingerprint density at radius 2 is 1.90 bits per heavy atom. The summed E-state index contributed by atoms with van der Waals surface area (Å²) >= 11 is 0. The van der Waals surface area contributed by atoms with E-state index in [-0.39, 0.29) is 23.0 Å². The van der Waals surface area contributed by atoms with Gasteiger partial charge in [-0.05, 0) is 43.8 Å². The minimum absolute atomic E-state index is 0.119. The molecule has 9 heteroatoms. The Balaban J connectivity index is 1.75. The number of hydrogen-bond donors (Lipinski definition) is 4. The summed E-state index contributed by atoms with van der Waals surface area (Å²) < 4.78 is 6.96. The third-order valence-electron chi connectivity index (χ3n) is 4.55. The Hall–Kier alpha value is -3.69. The van der Waals surface area contributed by atoms with Gasteiger partial charge in [0.05, 0.1) is 18.1 Å². The molecule has 0 amide bonds. The summed E-state index contributed by atoms with van der Waals surface area (Å²) in [6.07, 6.45) is 5.34. The number of aryl methyl sites for hydroxylation is 1. The van der Waals surface area contributed by atoms with E-state index in [0.717, 1.165) is 12.1 Å². The number of aromatic nitrogens is 3. The maximum Gasteiger partial charge on any atom is 0.250 e. The first-order valence-corrected chi connectivity index (χ1v) is 9.84. The van der Waals surface area contributed by atoms with Gasteiger partial charge >= 0.3 is 0 Å². The Labute approximate surface area is 180 Å². The number of pyridine rings is 1. The molecule has 0 bridgehead atoms. The van der Waals surface area contributed by atoms with Crippen LogP contribution >= 0.6 is 0 Å². The number of nitrogens with two attached hydrogens (primary N) is 1. The Morgan fingerprint density at radius 3 is 2.61 bits per heavy atom. The first-order valence-electron chi connectivity index (χ1n) is 9.84. The normalized spacial score (nSPS) is 10.6. The predicted octanol–water partition coefficient (Wildman–Crippen LogP) is 1.74. The molecule has 0 spiro atoms. The van der Waals surface area contributed by atoms with Crippen LogP contribution in [0.15, 0.2) is 59.8 Å². The summed E-state index contributed by atoms with van der Waals surface area (Å²) in [4.78, 5) is 20.6. The van der Waals surface area contributed by atoms with Gasteiger partial charge in [0.2, 0.25) is 11.8 Å². The smallest absolute Gasteiger partial charge is 0.250 e. The number of rotatable bonds is 8. The van der Waals surface area contributed by atoms with Gasteiger partial charge in [-0.15, -0.1) is 0 Å². The van der Waals surface area contributed by atoms with Crippen LogP contribution in [0.25, 0.3) is 11.3 Å². The van der Waals surface area contributed by atoms with E-state index in [1.165, 1.54) is 12.3 Å². The third-order valence-corrected chi connectivity index (χ3v) is 4.55. The zero-order valence-electron chi connectivity index (χ0n) is 17.3. The maximum absolute atomic E-state index is 12.0. The highest BCUT2D eigenvalue weighted by atomic mass is 16.5. The van der Waals surface area contributed by atoms with Crippen LogP contribution in [0.4, 0.5) is 0 Å². The Morgan fingerprint density at radius 1 is 1.13 bits per heavy atom. The second-order valence-corrected chi connectivity index (χ2v) is 6.87. The molecule has 0 atom stereocenters. The van der Waals surface area contributed by atoms with Crippen molar-refractivity contribution in [2.75, 3.05) is 13.6 Å². The van der Waals surface area contributed by atoms with Crippen LogP contribution in [0.5, 0.6) is 0 Å². The number of ether oxygens (including phenoxy) is 1. The van der Waals surface area contributed by atoms with Crippen LogP contribution in [0, 0.1) is 10.8 Å². The highest BCUT2D eigenvalue weighted by Gasteiger charge is 2.13. The van der Waals surface area contributed by atoms with Crippen LogP contribution in [0.1, 0.15) is 23.2 Å². The Bertz CT molecular complexity index is 1120. The molecule has 0 unspecified atom stereocenters. The van der Waals surface area contributed by atoms with E-state index >= 15 is 0 Å². The molecule has 9 nitrogen and oxygen atoms in total. The highest BCUT2D eigenvalue weighted by molar-refractivity contribution is 6.04. The van der Waals surface area contributed by atoms with E-state index in [2.05, 4.69) is 15.3 Å². The van der Waals surface area contributed by atoms with Gasteiger partial charge in [-0.1, -0.05) is 12.1 Å². The summed E-state index contributed by atoms with van der Waals surface area (Å²) in [6, 6.07) is 10.5. The number of benzene rings is 1. The minimum Gasteiger partial charge on any atom is -0.419 e. The van der Waals surface area contributed by atoms with Gasteiger partial charge in [-0.25, -0.2) is 4.98 Å². The van der Waals surface area contributed by atoms with Crippen molar-refractivity contribution in [1.29, 1.82) is 10.8 Å². The molecule has 2 aromatic heterocycles. The largest absolute Gasteiger partial charge is 0.419 e. The molecule has 3 rings (SSSR count). The molecule has 0 fully saturated rings. The maximum atomic E-state index is 12.0. The third kappa shape index (κ3) is 5.68. The standard InChI is InChI=1S/C22H25N7O2/c1-26-11-15-3-5-16(6-4-15)21(24)31-22(25)19-13-27-12-18(28-19)17-7-8-20(30)29(14-17)10-2-9-23/h3-8,12-14,24-26H,2,9-11,23H2,1H3. The molecule has 3 aromatic rings. The lowest BCUT2D eigenvalue weighted by atomic mass is 10.1. The average Bonchev–Trinajstić information content (AvgIpc) is 2.79. The first-order chi connectivity index (χ1) is 15.0. The van der Waals surface area contributed by atoms with Crippen molar-refractivity contribution in [1.82, 2.24) is 19.9 Å². The zero-order chi connectivity index (χ0) is 22.2. The lowest BCUT2D eigenvalue weighted by molar-refractivity contribution is 0.535. The van der Waals surface area contributed by atoms with Gasteiger partial charge in [0, 0.05) is 36.5 Å². The second kappa shape index (κ2) is 10.4. The van der Waals surface area contributed by atoms with Crippen molar-refractivity contribution < 1.29 is 4.74 Å². The van der Waals surface area contributed by atoms with E-state index in [9.17, 15) is 4.79 Å². The topological polar surface area (TPSA) is 143 Å². The van der Waals surface area contributed by atoms with Crippen LogP contribution in [-0.4, -0.2) is 39.9 Å². The highest BCUT2D eigenvalue weighted by Crippen LogP contribution is 2.15. The van der Waals surface area contributed by atoms with Crippen molar-refractivity contribution in [3.8, 4) is 11.3 Å². The molecule has 5 N–H and O–H groups in total. The Kier molecular flexibility index (Phi) is 7.36. The molecule has 0 saturated heterocycles. The molecule has 0 aliphatic heterocycles. The van der Waals surface area contributed by atoms with Crippen molar-refractivity contribution in [2.45, 2.75) is 19.5 Å². The minimum atomic E-state index is -0.282. The molecule has 0 aliphatic rings. The van der Waals surface area contributed by atoms with Crippen molar-refractivity contribution in [2.24, 2.45) is 5.73 Å². The van der Waals surface area contributed by atoms with Gasteiger partial charge in [0.15, 0.2) is 0 Å². The zero-order valence-corrected chi connectivity index (χ0v) is 17.3. The quantitative estimate of drug-likeness (QED) is 0.323. The van der Waals surface area contributed by atoms with E-state index in [4.69, 9.17) is 21.3 Å². The van der Waals surface area contributed by atoms with E-state index in [1.54, 1.807) is 35.2 Å². The van der Waals surface area contributed by atoms with Gasteiger partial charge in [0.1, 0.15) is 5.69 Å². The van der Waals surface area contributed by atoms with Gasteiger partial charge in [-0.3, -0.25) is 20.6 Å². The van der Waals surface area contributed by atoms with Crippen molar-refractivity contribution >= 4 is 11.8 Å². The van der Waals surface area contributed by atoms with E-state index < -0.39 is 0 Å². The van der Waals surface area contributed by atoms with Crippen LogP contribution in [0.2, 0.25) is 0 Å². The monoisotopic (exact) mass is 419 g/mol. The summed E-state index contributed by atoms with van der Waals surface area (Å²) in [5.74, 6) is -0.432. The lowest BCUT2D eigenvalue weighted by Gasteiger charge is -2.10. The fourth-order valence-corrected chi connectivity index (χ4v) is 2.93. The van der Waals surface area contributed by atoms with Gasteiger partial charge in [0.25, 0.3) is 5.56 Å². The van der Waals surface area contributed by atoms with Crippen LogP contribution in [0.3, 0.4) is 0 Å². The molecule has 0 aliphatic carbocycles. The number of hydrogen-bond acceptors (Lipinski definition) is 8. The number of nitrogens with zero attached hydrogens (tertiary/aromatic N) is 3. The summed E-state index contributed by atoms with van der Waals surface area (Å²) in [5, 5.41) is 19.4. The molecule has 31 heavy (non-hydrogen) atoms. The van der Waals surface area contributed by atoms with Crippen LogP contribution in [-0.2, 0) is 17.8 Å². The summed E-state index contributed by atoms with van der Waals surface area (Å²) in [6.45, 7) is 1.73. The molecular weight excluding hydrogens is 394 g/mol. The summed E-state index contributed by atoms with van der Waals surface area (Å²) in [5.41, 5.74) is 8.43. The van der Waals surface area contributed by atoms with E-state index in [0.29, 0.717) is 36.3 Å². The van der Waals surface area contributed by atoms with Gasteiger partial charge < -0.3 is 20.4 Å². The molecule has 2 heterocycles. The fourth-order valence-electron chi connectivity index (χ4n) is 2.93.